The number of benzene rings is 2. The van der Waals surface area contributed by atoms with Gasteiger partial charge >= 0.3 is 0 Å². The Labute approximate surface area is 192 Å². The summed E-state index contributed by atoms with van der Waals surface area (Å²) < 4.78 is 30.1. The number of guanidine groups is 1. The minimum Gasteiger partial charge on any atom is -0.356 e. The normalized spacial score (nSPS) is 18.2. The van der Waals surface area contributed by atoms with E-state index in [4.69, 9.17) is 0 Å². The maximum Gasteiger partial charge on any atom is 0.191 e. The molecule has 1 heterocycles. The van der Waals surface area contributed by atoms with E-state index in [0.717, 1.165) is 36.4 Å². The molecule has 1 fully saturated rings. The molecule has 4 rings (SSSR count). The molecule has 1 saturated carbocycles. The lowest BCUT2D eigenvalue weighted by molar-refractivity contribution is 0.553. The zero-order chi connectivity index (χ0) is 20.4. The summed E-state index contributed by atoms with van der Waals surface area (Å²) in [4.78, 5) is 8.82. The second kappa shape index (κ2) is 9.72. The largest absolute Gasteiger partial charge is 0.356 e. The van der Waals surface area contributed by atoms with E-state index >= 15 is 0 Å². The van der Waals surface area contributed by atoms with Gasteiger partial charge in [-0.05, 0) is 44.0 Å². The first kappa shape index (κ1) is 22.5. The summed E-state index contributed by atoms with van der Waals surface area (Å²) in [7, 11) is 1.70. The molecule has 8 heteroatoms. The van der Waals surface area contributed by atoms with Gasteiger partial charge in [-0.15, -0.1) is 24.0 Å². The fourth-order valence-corrected chi connectivity index (χ4v) is 3.83. The number of imidazole rings is 1. The van der Waals surface area contributed by atoms with E-state index in [1.54, 1.807) is 7.05 Å². The van der Waals surface area contributed by atoms with Crippen LogP contribution in [0.5, 0.6) is 0 Å². The number of halogens is 3. The minimum atomic E-state index is -0.481. The summed E-state index contributed by atoms with van der Waals surface area (Å²) in [6, 6.07) is 12.1. The molecule has 30 heavy (non-hydrogen) atoms. The van der Waals surface area contributed by atoms with E-state index in [0.29, 0.717) is 12.4 Å². The summed E-state index contributed by atoms with van der Waals surface area (Å²) in [5, 5.41) is 6.55. The SMILES string of the molecule is CN=C(NCCCn1c(C)nc2ccccc21)NC1CC1c1c(F)cccc1F.I. The summed E-state index contributed by atoms with van der Waals surface area (Å²) in [5.41, 5.74) is 2.32. The number of hydrogen-bond acceptors (Lipinski definition) is 2. The quantitative estimate of drug-likeness (QED) is 0.218. The maximum absolute atomic E-state index is 13.9. The van der Waals surface area contributed by atoms with Crippen molar-refractivity contribution in [2.75, 3.05) is 13.6 Å². The summed E-state index contributed by atoms with van der Waals surface area (Å²) in [5.74, 6) is 0.535. The van der Waals surface area contributed by atoms with E-state index in [1.807, 2.05) is 25.1 Å². The second-order valence-corrected chi connectivity index (χ2v) is 7.38. The van der Waals surface area contributed by atoms with Gasteiger partial charge in [0.2, 0.25) is 0 Å². The number of para-hydroxylation sites is 2. The van der Waals surface area contributed by atoms with Crippen molar-refractivity contribution in [2.45, 2.75) is 38.3 Å². The second-order valence-electron chi connectivity index (χ2n) is 7.38. The van der Waals surface area contributed by atoms with Crippen molar-refractivity contribution in [3.8, 4) is 0 Å². The molecular weight excluding hydrogens is 499 g/mol. The Hall–Kier alpha value is -2.23. The van der Waals surface area contributed by atoms with E-state index in [1.165, 1.54) is 18.2 Å². The third kappa shape index (κ3) is 4.74. The highest BCUT2D eigenvalue weighted by molar-refractivity contribution is 14.0. The van der Waals surface area contributed by atoms with Crippen molar-refractivity contribution >= 4 is 41.0 Å². The first-order chi connectivity index (χ1) is 14.1. The molecule has 0 saturated heterocycles. The zero-order valence-corrected chi connectivity index (χ0v) is 19.4. The fourth-order valence-electron chi connectivity index (χ4n) is 3.83. The van der Waals surface area contributed by atoms with Gasteiger partial charge in [0.15, 0.2) is 5.96 Å². The van der Waals surface area contributed by atoms with Gasteiger partial charge in [-0.2, -0.15) is 0 Å². The molecule has 1 aliphatic rings. The van der Waals surface area contributed by atoms with Crippen LogP contribution in [0.1, 0.15) is 30.1 Å². The van der Waals surface area contributed by atoms with Crippen molar-refractivity contribution in [3.05, 3.63) is 65.5 Å². The molecule has 0 spiro atoms. The number of nitrogens with one attached hydrogen (secondary N) is 2. The summed E-state index contributed by atoms with van der Waals surface area (Å²) in [6.45, 7) is 3.60. The standard InChI is InChI=1S/C22H25F2N5.HI/c1-14-27-18-9-3-4-10-20(18)29(14)12-6-11-26-22(25-2)28-19-13-15(19)21-16(23)7-5-8-17(21)24;/h3-5,7-10,15,19H,6,11-13H2,1-2H3,(H2,25,26,28);1H. The Morgan fingerprint density at radius 3 is 2.63 bits per heavy atom. The Bertz CT molecular complexity index is 1030. The van der Waals surface area contributed by atoms with Crippen molar-refractivity contribution in [1.29, 1.82) is 0 Å². The van der Waals surface area contributed by atoms with Crippen LogP contribution in [0.15, 0.2) is 47.5 Å². The molecule has 2 N–H and O–H groups in total. The number of fused-ring (bicyclic) bond motifs is 1. The van der Waals surface area contributed by atoms with E-state index in [-0.39, 0.29) is 41.5 Å². The van der Waals surface area contributed by atoms with Gasteiger partial charge in [-0.25, -0.2) is 13.8 Å². The Morgan fingerprint density at radius 1 is 1.17 bits per heavy atom. The lowest BCUT2D eigenvalue weighted by Gasteiger charge is -2.13. The van der Waals surface area contributed by atoms with Gasteiger partial charge in [0.1, 0.15) is 17.5 Å². The van der Waals surface area contributed by atoms with Crippen LogP contribution in [0.2, 0.25) is 0 Å². The Kier molecular flexibility index (Phi) is 7.27. The molecule has 2 unspecified atom stereocenters. The number of rotatable bonds is 6. The fraction of sp³-hybridized carbons (Fsp3) is 0.364. The van der Waals surface area contributed by atoms with Crippen LogP contribution in [0, 0.1) is 18.6 Å². The lowest BCUT2D eigenvalue weighted by atomic mass is 10.1. The third-order valence-corrected chi connectivity index (χ3v) is 5.40. The van der Waals surface area contributed by atoms with Crippen LogP contribution in [0.4, 0.5) is 8.78 Å². The molecule has 1 aromatic heterocycles. The predicted octanol–water partition coefficient (Wildman–Crippen LogP) is 4.35. The summed E-state index contributed by atoms with van der Waals surface area (Å²) in [6.07, 6.45) is 1.59. The highest BCUT2D eigenvalue weighted by Crippen LogP contribution is 2.43. The molecule has 2 atom stereocenters. The van der Waals surface area contributed by atoms with E-state index < -0.39 is 11.6 Å². The number of aliphatic imine (C=N–C) groups is 1. The topological polar surface area (TPSA) is 54.2 Å². The molecule has 2 aromatic carbocycles. The zero-order valence-electron chi connectivity index (χ0n) is 17.0. The molecule has 160 valence electrons. The first-order valence-electron chi connectivity index (χ1n) is 9.91. The molecule has 5 nitrogen and oxygen atoms in total. The smallest absolute Gasteiger partial charge is 0.191 e. The summed E-state index contributed by atoms with van der Waals surface area (Å²) >= 11 is 0. The number of nitrogens with zero attached hydrogens (tertiary/aromatic N) is 3. The molecule has 0 aliphatic heterocycles. The molecule has 0 bridgehead atoms. The average molecular weight is 525 g/mol. The van der Waals surface area contributed by atoms with Crippen molar-refractivity contribution in [2.24, 2.45) is 4.99 Å². The van der Waals surface area contributed by atoms with Crippen LogP contribution in [-0.4, -0.2) is 35.1 Å². The van der Waals surface area contributed by atoms with Gasteiger partial charge in [-0.3, -0.25) is 4.99 Å². The lowest BCUT2D eigenvalue weighted by Crippen LogP contribution is -2.39. The van der Waals surface area contributed by atoms with Gasteiger partial charge in [0.25, 0.3) is 0 Å². The number of aromatic nitrogens is 2. The Balaban J connectivity index is 0.00000256. The van der Waals surface area contributed by atoms with Crippen LogP contribution in [0.3, 0.4) is 0 Å². The third-order valence-electron chi connectivity index (χ3n) is 5.40. The van der Waals surface area contributed by atoms with E-state index in [9.17, 15) is 8.78 Å². The predicted molar refractivity (Wildman–Crippen MR) is 127 cm³/mol. The molecule has 0 amide bonds. The molecule has 0 radical (unpaired) electrons. The highest BCUT2D eigenvalue weighted by Gasteiger charge is 2.42. The molecular formula is C22H26F2IN5. The van der Waals surface area contributed by atoms with Crippen molar-refractivity contribution in [3.63, 3.8) is 0 Å². The van der Waals surface area contributed by atoms with E-state index in [2.05, 4.69) is 31.2 Å². The van der Waals surface area contributed by atoms with Crippen LogP contribution in [-0.2, 0) is 6.54 Å². The number of hydrogen-bond donors (Lipinski definition) is 2. The molecule has 1 aliphatic carbocycles. The van der Waals surface area contributed by atoms with Gasteiger partial charge in [-0.1, -0.05) is 18.2 Å². The first-order valence-corrected chi connectivity index (χ1v) is 9.91. The van der Waals surface area contributed by atoms with Crippen LogP contribution in [0.25, 0.3) is 11.0 Å². The highest BCUT2D eigenvalue weighted by atomic mass is 127. The average Bonchev–Trinajstić information content (AvgIpc) is 3.37. The van der Waals surface area contributed by atoms with Crippen LogP contribution < -0.4 is 10.6 Å². The molecule has 3 aromatic rings. The van der Waals surface area contributed by atoms with Gasteiger partial charge in [0.05, 0.1) is 11.0 Å². The maximum atomic E-state index is 13.9. The Morgan fingerprint density at radius 2 is 1.90 bits per heavy atom. The van der Waals surface area contributed by atoms with Gasteiger partial charge in [0, 0.05) is 37.7 Å². The van der Waals surface area contributed by atoms with Crippen molar-refractivity contribution < 1.29 is 8.78 Å². The number of aryl methyl sites for hydroxylation is 2. The van der Waals surface area contributed by atoms with Crippen molar-refractivity contribution in [1.82, 2.24) is 20.2 Å². The monoisotopic (exact) mass is 525 g/mol. The van der Waals surface area contributed by atoms with Gasteiger partial charge < -0.3 is 15.2 Å². The minimum absolute atomic E-state index is 0. The van der Waals surface area contributed by atoms with Crippen LogP contribution >= 0.6 is 24.0 Å².